The zero-order valence-corrected chi connectivity index (χ0v) is 8.00. The first kappa shape index (κ1) is 9.85. The number of hydrogen-bond donors (Lipinski definition) is 1. The Morgan fingerprint density at radius 3 is 2.93 bits per heavy atom. The number of ether oxygens (including phenoxy) is 1. The van der Waals surface area contributed by atoms with Gasteiger partial charge in [0.25, 0.3) is 5.69 Å². The number of pyridine rings is 1. The van der Waals surface area contributed by atoms with Gasteiger partial charge in [0.15, 0.2) is 0 Å². The van der Waals surface area contributed by atoms with Crippen LogP contribution in [0.4, 0.5) is 5.69 Å². The van der Waals surface area contributed by atoms with E-state index in [9.17, 15) is 10.1 Å². The Labute approximate surface area is 86.2 Å². The Bertz CT molecular complexity index is 377. The summed E-state index contributed by atoms with van der Waals surface area (Å²) in [5.41, 5.74) is 5.58. The molecule has 1 heterocycles. The van der Waals surface area contributed by atoms with E-state index in [0.717, 1.165) is 12.8 Å². The highest BCUT2D eigenvalue weighted by Crippen LogP contribution is 2.24. The van der Waals surface area contributed by atoms with Gasteiger partial charge in [0.2, 0.25) is 5.88 Å². The molecule has 15 heavy (non-hydrogen) atoms. The summed E-state index contributed by atoms with van der Waals surface area (Å²) in [7, 11) is 0. The van der Waals surface area contributed by atoms with Crippen LogP contribution in [0.15, 0.2) is 18.3 Å². The van der Waals surface area contributed by atoms with Crippen LogP contribution in [0.3, 0.4) is 0 Å². The Kier molecular flexibility index (Phi) is 2.51. The lowest BCUT2D eigenvalue weighted by molar-refractivity contribution is -0.385. The second-order valence-electron chi connectivity index (χ2n) is 3.58. The van der Waals surface area contributed by atoms with Gasteiger partial charge < -0.3 is 10.5 Å². The van der Waals surface area contributed by atoms with Crippen LogP contribution in [0.25, 0.3) is 0 Å². The number of nitro groups is 1. The SMILES string of the molecule is NC1CC(Oc2cc([N+](=O)[O-])ccn2)C1. The van der Waals surface area contributed by atoms with Gasteiger partial charge in [-0.05, 0) is 12.8 Å². The number of rotatable bonds is 3. The van der Waals surface area contributed by atoms with Crippen LogP contribution >= 0.6 is 0 Å². The third-order valence-electron chi connectivity index (χ3n) is 2.35. The maximum atomic E-state index is 10.5. The molecule has 2 N–H and O–H groups in total. The second-order valence-corrected chi connectivity index (χ2v) is 3.58. The lowest BCUT2D eigenvalue weighted by Gasteiger charge is -2.31. The molecular weight excluding hydrogens is 198 g/mol. The van der Waals surface area contributed by atoms with Crippen molar-refractivity contribution in [3.63, 3.8) is 0 Å². The minimum atomic E-state index is -0.471. The van der Waals surface area contributed by atoms with Gasteiger partial charge in [0.1, 0.15) is 6.10 Å². The molecule has 0 radical (unpaired) electrons. The minimum Gasteiger partial charge on any atom is -0.474 e. The van der Waals surface area contributed by atoms with Gasteiger partial charge in [0.05, 0.1) is 11.0 Å². The fourth-order valence-electron chi connectivity index (χ4n) is 1.45. The lowest BCUT2D eigenvalue weighted by Crippen LogP contribution is -2.43. The van der Waals surface area contributed by atoms with E-state index < -0.39 is 4.92 Å². The largest absolute Gasteiger partial charge is 0.474 e. The van der Waals surface area contributed by atoms with Crippen LogP contribution in [0.5, 0.6) is 5.88 Å². The summed E-state index contributed by atoms with van der Waals surface area (Å²) in [6.45, 7) is 0. The molecule has 1 aromatic heterocycles. The van der Waals surface area contributed by atoms with E-state index in [1.807, 2.05) is 0 Å². The maximum absolute atomic E-state index is 10.5. The first-order valence-corrected chi connectivity index (χ1v) is 4.68. The summed E-state index contributed by atoms with van der Waals surface area (Å²) in [5, 5.41) is 10.5. The molecule has 0 spiro atoms. The van der Waals surface area contributed by atoms with Crippen molar-refractivity contribution >= 4 is 5.69 Å². The predicted molar refractivity (Wildman–Crippen MR) is 52.5 cm³/mol. The number of nitrogens with two attached hydrogens (primary N) is 1. The molecule has 0 aliphatic heterocycles. The number of aromatic nitrogens is 1. The van der Waals surface area contributed by atoms with Crippen molar-refractivity contribution in [3.8, 4) is 5.88 Å². The van der Waals surface area contributed by atoms with Crippen LogP contribution in [-0.2, 0) is 0 Å². The van der Waals surface area contributed by atoms with Crippen molar-refractivity contribution in [2.75, 3.05) is 0 Å². The van der Waals surface area contributed by atoms with Crippen LogP contribution in [-0.4, -0.2) is 22.1 Å². The molecule has 2 rings (SSSR count). The normalized spacial score (nSPS) is 24.3. The van der Waals surface area contributed by atoms with E-state index in [-0.39, 0.29) is 17.8 Å². The van der Waals surface area contributed by atoms with Gasteiger partial charge in [-0.25, -0.2) is 4.98 Å². The molecule has 0 amide bonds. The average molecular weight is 209 g/mol. The fourth-order valence-corrected chi connectivity index (χ4v) is 1.45. The van der Waals surface area contributed by atoms with Crippen LogP contribution < -0.4 is 10.5 Å². The zero-order valence-electron chi connectivity index (χ0n) is 8.00. The van der Waals surface area contributed by atoms with E-state index in [2.05, 4.69) is 4.98 Å². The van der Waals surface area contributed by atoms with Gasteiger partial charge in [0, 0.05) is 18.3 Å². The predicted octanol–water partition coefficient (Wildman–Crippen LogP) is 0.858. The molecular formula is C9H11N3O3. The topological polar surface area (TPSA) is 91.3 Å². The Hall–Kier alpha value is -1.69. The van der Waals surface area contributed by atoms with E-state index in [1.165, 1.54) is 18.3 Å². The van der Waals surface area contributed by atoms with Gasteiger partial charge >= 0.3 is 0 Å². The van der Waals surface area contributed by atoms with Gasteiger partial charge in [-0.15, -0.1) is 0 Å². The molecule has 0 saturated heterocycles. The highest BCUT2D eigenvalue weighted by atomic mass is 16.6. The van der Waals surface area contributed by atoms with Crippen molar-refractivity contribution in [1.29, 1.82) is 0 Å². The molecule has 6 heteroatoms. The van der Waals surface area contributed by atoms with Crippen molar-refractivity contribution in [2.45, 2.75) is 25.0 Å². The zero-order chi connectivity index (χ0) is 10.8. The van der Waals surface area contributed by atoms with Crippen LogP contribution in [0.2, 0.25) is 0 Å². The van der Waals surface area contributed by atoms with Crippen LogP contribution in [0.1, 0.15) is 12.8 Å². The van der Waals surface area contributed by atoms with E-state index >= 15 is 0 Å². The molecule has 1 aliphatic rings. The summed E-state index contributed by atoms with van der Waals surface area (Å²) in [4.78, 5) is 13.9. The first-order chi connectivity index (χ1) is 7.15. The van der Waals surface area contributed by atoms with Gasteiger partial charge in [-0.3, -0.25) is 10.1 Å². The van der Waals surface area contributed by atoms with Crippen molar-refractivity contribution in [3.05, 3.63) is 28.4 Å². The molecule has 80 valence electrons. The first-order valence-electron chi connectivity index (χ1n) is 4.68. The summed E-state index contributed by atoms with van der Waals surface area (Å²) < 4.78 is 5.42. The third-order valence-corrected chi connectivity index (χ3v) is 2.35. The third kappa shape index (κ3) is 2.21. The summed E-state index contributed by atoms with van der Waals surface area (Å²) in [6, 6.07) is 2.84. The van der Waals surface area contributed by atoms with Crippen LogP contribution in [0, 0.1) is 10.1 Å². The highest BCUT2D eigenvalue weighted by molar-refractivity contribution is 5.32. The molecule has 1 aromatic rings. The number of nitrogens with zero attached hydrogens (tertiary/aromatic N) is 2. The molecule has 1 saturated carbocycles. The fraction of sp³-hybridized carbons (Fsp3) is 0.444. The monoisotopic (exact) mass is 209 g/mol. The second kappa shape index (κ2) is 3.82. The molecule has 0 aromatic carbocycles. The van der Waals surface area contributed by atoms with E-state index in [1.54, 1.807) is 0 Å². The molecule has 1 aliphatic carbocycles. The Morgan fingerprint density at radius 2 is 2.33 bits per heavy atom. The smallest absolute Gasteiger partial charge is 0.276 e. The Balaban J connectivity index is 2.02. The van der Waals surface area contributed by atoms with Gasteiger partial charge in [-0.1, -0.05) is 0 Å². The van der Waals surface area contributed by atoms with Crippen molar-refractivity contribution in [1.82, 2.24) is 4.98 Å². The minimum absolute atomic E-state index is 0.0105. The summed E-state index contributed by atoms with van der Waals surface area (Å²) in [6.07, 6.45) is 2.98. The van der Waals surface area contributed by atoms with Crippen molar-refractivity contribution in [2.24, 2.45) is 5.73 Å². The van der Waals surface area contributed by atoms with E-state index in [4.69, 9.17) is 10.5 Å². The Morgan fingerprint density at radius 1 is 1.60 bits per heavy atom. The van der Waals surface area contributed by atoms with E-state index in [0.29, 0.717) is 5.88 Å². The molecule has 0 atom stereocenters. The van der Waals surface area contributed by atoms with Gasteiger partial charge in [-0.2, -0.15) is 0 Å². The maximum Gasteiger partial charge on any atom is 0.276 e. The molecule has 6 nitrogen and oxygen atoms in total. The standard InChI is InChI=1S/C9H11N3O3/c10-6-3-8(4-6)15-9-5-7(12(13)14)1-2-11-9/h1-2,5-6,8H,3-4,10H2. The average Bonchev–Trinajstić information content (AvgIpc) is 2.16. The lowest BCUT2D eigenvalue weighted by atomic mass is 9.90. The summed E-state index contributed by atoms with van der Waals surface area (Å²) in [5.74, 6) is 0.293. The highest BCUT2D eigenvalue weighted by Gasteiger charge is 2.28. The molecule has 0 unspecified atom stereocenters. The number of hydrogen-bond acceptors (Lipinski definition) is 5. The van der Waals surface area contributed by atoms with Crippen molar-refractivity contribution < 1.29 is 9.66 Å². The molecule has 1 fully saturated rings. The quantitative estimate of drug-likeness (QED) is 0.588. The molecule has 0 bridgehead atoms. The summed E-state index contributed by atoms with van der Waals surface area (Å²) >= 11 is 0.